The van der Waals surface area contributed by atoms with Gasteiger partial charge in [-0.2, -0.15) is 5.26 Å². The minimum atomic E-state index is -0.605. The second kappa shape index (κ2) is 7.95. The average molecular weight is 373 g/mol. The Hall–Kier alpha value is -2.97. The molecule has 0 bridgehead atoms. The average Bonchev–Trinajstić information content (AvgIpc) is 2.75. The molecule has 1 fully saturated rings. The van der Waals surface area contributed by atoms with Gasteiger partial charge >= 0.3 is 0 Å². The van der Waals surface area contributed by atoms with Gasteiger partial charge in [0.05, 0.1) is 18.7 Å². The van der Waals surface area contributed by atoms with Gasteiger partial charge in [0.15, 0.2) is 0 Å². The predicted octanol–water partition coefficient (Wildman–Crippen LogP) is 3.53. The van der Waals surface area contributed by atoms with Gasteiger partial charge in [-0.3, -0.25) is 9.78 Å². The number of hydrogen-bond donors (Lipinski definition) is 1. The number of pyridine rings is 1. The van der Waals surface area contributed by atoms with Crippen LogP contribution in [0.25, 0.3) is 5.57 Å². The van der Waals surface area contributed by atoms with Crippen LogP contribution in [0.2, 0.25) is 0 Å². The summed E-state index contributed by atoms with van der Waals surface area (Å²) in [4.78, 5) is 18.4. The van der Waals surface area contributed by atoms with Crippen molar-refractivity contribution >= 4 is 11.5 Å². The van der Waals surface area contributed by atoms with Crippen LogP contribution in [-0.4, -0.2) is 39.6 Å². The van der Waals surface area contributed by atoms with E-state index < -0.39 is 12.1 Å². The molecule has 2 aromatic rings. The van der Waals surface area contributed by atoms with Gasteiger partial charge in [-0.15, -0.1) is 0 Å². The number of rotatable bonds is 4. The van der Waals surface area contributed by atoms with Crippen LogP contribution >= 0.6 is 0 Å². The number of carbonyl (C=O) groups excluding carboxylic acids is 1. The summed E-state index contributed by atoms with van der Waals surface area (Å²) in [5.74, 6) is -0.511. The van der Waals surface area contributed by atoms with Crippen LogP contribution in [-0.2, 0) is 0 Å². The number of hydrogen-bond acceptors (Lipinski definition) is 4. The van der Waals surface area contributed by atoms with Crippen molar-refractivity contribution in [2.75, 3.05) is 6.61 Å². The monoisotopic (exact) mass is 373 g/mol. The molecule has 0 radical (unpaired) electrons. The molecule has 1 aromatic heterocycles. The number of carbonyl (C=O) groups is 1. The predicted molar refractivity (Wildman–Crippen MR) is 106 cm³/mol. The lowest BCUT2D eigenvalue weighted by Crippen LogP contribution is -2.65. The van der Waals surface area contributed by atoms with Gasteiger partial charge in [0.1, 0.15) is 11.7 Å². The lowest BCUT2D eigenvalue weighted by Gasteiger charge is -2.51. The van der Waals surface area contributed by atoms with Gasteiger partial charge in [-0.25, -0.2) is 0 Å². The summed E-state index contributed by atoms with van der Waals surface area (Å²) in [5.41, 5.74) is 3.88. The molecule has 28 heavy (non-hydrogen) atoms. The van der Waals surface area contributed by atoms with Crippen molar-refractivity contribution in [2.45, 2.75) is 43.7 Å². The molecule has 1 aliphatic heterocycles. The van der Waals surface area contributed by atoms with E-state index in [9.17, 15) is 15.2 Å². The number of aromatic nitrogens is 1. The molecular formula is C23H23N3O2. The lowest BCUT2D eigenvalue weighted by molar-refractivity contribution is -0.00629. The molecule has 1 aliphatic carbocycles. The SMILES string of the molecule is N#C[C@@H]1[C@@H](c2ccc(C3=CCCCC3)cc2)[C@@H](CO)N1C(=O)c1ccccn1. The molecule has 142 valence electrons. The van der Waals surface area contributed by atoms with E-state index in [2.05, 4.69) is 29.3 Å². The molecule has 1 aromatic carbocycles. The number of aliphatic hydroxyl groups excluding tert-OH is 1. The highest BCUT2D eigenvalue weighted by molar-refractivity contribution is 5.94. The largest absolute Gasteiger partial charge is 0.394 e. The number of amides is 1. The zero-order chi connectivity index (χ0) is 19.5. The summed E-state index contributed by atoms with van der Waals surface area (Å²) in [6, 6.07) is 14.6. The van der Waals surface area contributed by atoms with Crippen molar-refractivity contribution in [1.82, 2.24) is 9.88 Å². The van der Waals surface area contributed by atoms with E-state index in [1.54, 1.807) is 24.4 Å². The van der Waals surface area contributed by atoms with Crippen molar-refractivity contribution < 1.29 is 9.90 Å². The normalized spacial score (nSPS) is 24.1. The van der Waals surface area contributed by atoms with E-state index in [1.165, 1.54) is 28.9 Å². The van der Waals surface area contributed by atoms with E-state index in [0.29, 0.717) is 5.69 Å². The van der Waals surface area contributed by atoms with Crippen LogP contribution in [0.15, 0.2) is 54.7 Å². The fraction of sp³-hybridized carbons (Fsp3) is 0.348. The zero-order valence-electron chi connectivity index (χ0n) is 15.7. The van der Waals surface area contributed by atoms with Crippen molar-refractivity contribution in [3.63, 3.8) is 0 Å². The molecule has 1 N–H and O–H groups in total. The smallest absolute Gasteiger partial charge is 0.273 e. The Balaban J connectivity index is 1.57. The Morgan fingerprint density at radius 2 is 2.04 bits per heavy atom. The molecule has 0 unspecified atom stereocenters. The van der Waals surface area contributed by atoms with Crippen molar-refractivity contribution in [3.8, 4) is 6.07 Å². The van der Waals surface area contributed by atoms with Crippen LogP contribution in [0.4, 0.5) is 0 Å². The first-order valence-corrected chi connectivity index (χ1v) is 9.78. The van der Waals surface area contributed by atoms with Gasteiger partial charge < -0.3 is 10.0 Å². The number of allylic oxidation sites excluding steroid dienone is 2. The Labute approximate surface area is 164 Å². The summed E-state index contributed by atoms with van der Waals surface area (Å²) in [5, 5.41) is 19.6. The first kappa shape index (κ1) is 18.4. The third-order valence-corrected chi connectivity index (χ3v) is 5.81. The van der Waals surface area contributed by atoms with E-state index in [4.69, 9.17) is 0 Å². The number of benzene rings is 1. The van der Waals surface area contributed by atoms with Crippen molar-refractivity contribution in [1.29, 1.82) is 5.26 Å². The Morgan fingerprint density at radius 1 is 1.21 bits per heavy atom. The minimum absolute atomic E-state index is 0.186. The highest BCUT2D eigenvalue weighted by atomic mass is 16.3. The highest BCUT2D eigenvalue weighted by Crippen LogP contribution is 2.41. The highest BCUT2D eigenvalue weighted by Gasteiger charge is 2.52. The third kappa shape index (κ3) is 3.21. The second-order valence-electron chi connectivity index (χ2n) is 7.37. The number of aliphatic hydroxyl groups is 1. The fourth-order valence-electron chi connectivity index (χ4n) is 4.33. The maximum Gasteiger partial charge on any atom is 0.273 e. The molecule has 2 heterocycles. The van der Waals surface area contributed by atoms with Gasteiger partial charge in [-0.1, -0.05) is 36.4 Å². The molecule has 1 amide bonds. The Bertz CT molecular complexity index is 915. The maximum atomic E-state index is 12.8. The Morgan fingerprint density at radius 3 is 2.64 bits per heavy atom. The van der Waals surface area contributed by atoms with Crippen molar-refractivity contribution in [3.05, 3.63) is 71.6 Å². The van der Waals surface area contributed by atoms with E-state index in [0.717, 1.165) is 18.4 Å². The molecule has 5 nitrogen and oxygen atoms in total. The van der Waals surface area contributed by atoms with Crippen LogP contribution < -0.4 is 0 Å². The summed E-state index contributed by atoms with van der Waals surface area (Å²) in [7, 11) is 0. The van der Waals surface area contributed by atoms with Crippen LogP contribution in [0, 0.1) is 11.3 Å². The summed E-state index contributed by atoms with van der Waals surface area (Å²) >= 11 is 0. The number of nitriles is 1. The lowest BCUT2D eigenvalue weighted by atomic mass is 9.75. The van der Waals surface area contributed by atoms with Crippen LogP contribution in [0.3, 0.4) is 0 Å². The van der Waals surface area contributed by atoms with E-state index >= 15 is 0 Å². The molecular weight excluding hydrogens is 350 g/mol. The fourth-order valence-corrected chi connectivity index (χ4v) is 4.33. The minimum Gasteiger partial charge on any atom is -0.394 e. The van der Waals surface area contributed by atoms with Crippen LogP contribution in [0.1, 0.15) is 53.2 Å². The molecule has 0 spiro atoms. The first-order chi connectivity index (χ1) is 13.7. The molecule has 2 aliphatic rings. The maximum absolute atomic E-state index is 12.8. The van der Waals surface area contributed by atoms with E-state index in [1.807, 2.05) is 12.1 Å². The summed E-state index contributed by atoms with van der Waals surface area (Å²) in [6.45, 7) is -0.186. The molecule has 1 saturated heterocycles. The summed E-state index contributed by atoms with van der Waals surface area (Å²) < 4.78 is 0. The number of nitrogens with zero attached hydrogens (tertiary/aromatic N) is 3. The van der Waals surface area contributed by atoms with Gasteiger partial charge in [-0.05, 0) is 54.5 Å². The quantitative estimate of drug-likeness (QED) is 0.889. The molecule has 3 atom stereocenters. The summed E-state index contributed by atoms with van der Waals surface area (Å²) in [6.07, 6.45) is 8.58. The Kier molecular flexibility index (Phi) is 5.23. The topological polar surface area (TPSA) is 77.2 Å². The molecule has 4 rings (SSSR count). The van der Waals surface area contributed by atoms with E-state index in [-0.39, 0.29) is 18.4 Å². The van der Waals surface area contributed by atoms with Crippen molar-refractivity contribution in [2.24, 2.45) is 0 Å². The third-order valence-electron chi connectivity index (χ3n) is 5.81. The van der Waals surface area contributed by atoms with Gasteiger partial charge in [0.2, 0.25) is 0 Å². The van der Waals surface area contributed by atoms with Gasteiger partial charge in [0.25, 0.3) is 5.91 Å². The van der Waals surface area contributed by atoms with Crippen LogP contribution in [0.5, 0.6) is 0 Å². The first-order valence-electron chi connectivity index (χ1n) is 9.78. The number of likely N-dealkylation sites (tertiary alicyclic amines) is 1. The standard InChI is InChI=1S/C23H23N3O2/c24-14-20-22(18-11-9-17(10-12-18)16-6-2-1-3-7-16)21(15-27)26(20)23(28)19-8-4-5-13-25-19/h4-6,8-13,20-22,27H,1-3,7,15H2/t20-,21-,22-/m1/s1. The van der Waals surface area contributed by atoms with Gasteiger partial charge in [0, 0.05) is 12.1 Å². The zero-order valence-corrected chi connectivity index (χ0v) is 15.7. The molecule has 0 saturated carbocycles. The second-order valence-corrected chi connectivity index (χ2v) is 7.37. The molecule has 5 heteroatoms.